The summed E-state index contributed by atoms with van der Waals surface area (Å²) in [7, 11) is 0. The average Bonchev–Trinajstić information content (AvgIpc) is 2.63. The normalized spacial score (nSPS) is 12.1. The topological polar surface area (TPSA) is 6.48 Å². The fourth-order valence-corrected chi connectivity index (χ4v) is 19.0. The van der Waals surface area contributed by atoms with E-state index >= 15 is 0 Å². The Kier molecular flexibility index (Phi) is 7.12. The second-order valence-electron chi connectivity index (χ2n) is 5.75. The summed E-state index contributed by atoms with van der Waals surface area (Å²) >= 11 is -3.13. The standard InChI is InChI=1S/2C6H5.2C4H10N.Sn/c2*1-2-4-6-5-3-1;2*1-3-5-4-2;/h2*1-5H;2*3-4H2,1-2H3;/q;;2*-1;+2. The van der Waals surface area contributed by atoms with Crippen LogP contribution in [0, 0.1) is 0 Å². The summed E-state index contributed by atoms with van der Waals surface area (Å²) in [5, 5.41) is 0. The Balaban J connectivity index is 2.78. The van der Waals surface area contributed by atoms with Gasteiger partial charge in [0.15, 0.2) is 0 Å². The van der Waals surface area contributed by atoms with Crippen LogP contribution >= 0.6 is 0 Å². The van der Waals surface area contributed by atoms with Crippen LogP contribution in [0.1, 0.15) is 27.7 Å². The van der Waals surface area contributed by atoms with E-state index in [0.29, 0.717) is 0 Å². The molecule has 0 spiro atoms. The van der Waals surface area contributed by atoms with Crippen LogP contribution in [0.2, 0.25) is 0 Å². The van der Waals surface area contributed by atoms with E-state index in [0.717, 1.165) is 26.2 Å². The van der Waals surface area contributed by atoms with Gasteiger partial charge in [0, 0.05) is 0 Å². The van der Waals surface area contributed by atoms with Gasteiger partial charge in [-0.05, 0) is 0 Å². The van der Waals surface area contributed by atoms with Crippen molar-refractivity contribution < 1.29 is 0 Å². The molecule has 0 aliphatic carbocycles. The zero-order valence-corrected chi connectivity index (χ0v) is 17.9. The van der Waals surface area contributed by atoms with Crippen LogP contribution in [0.25, 0.3) is 0 Å². The van der Waals surface area contributed by atoms with Crippen LogP contribution in [-0.2, 0) is 0 Å². The molecule has 0 unspecified atom stereocenters. The molecule has 124 valence electrons. The van der Waals surface area contributed by atoms with Crippen LogP contribution in [0.3, 0.4) is 0 Å². The first kappa shape index (κ1) is 18.5. The summed E-state index contributed by atoms with van der Waals surface area (Å²) in [5.74, 6) is 0. The number of nitrogens with zero attached hydrogens (tertiary/aromatic N) is 2. The second kappa shape index (κ2) is 8.86. The van der Waals surface area contributed by atoms with Gasteiger partial charge in [0.2, 0.25) is 0 Å². The Morgan fingerprint density at radius 2 is 0.870 bits per heavy atom. The number of hydrogen-bond acceptors (Lipinski definition) is 2. The van der Waals surface area contributed by atoms with Gasteiger partial charge in [-0.25, -0.2) is 0 Å². The van der Waals surface area contributed by atoms with E-state index < -0.39 is 18.9 Å². The van der Waals surface area contributed by atoms with E-state index in [1.54, 1.807) is 7.16 Å². The quantitative estimate of drug-likeness (QED) is 0.610. The van der Waals surface area contributed by atoms with Crippen molar-refractivity contribution in [2.24, 2.45) is 0 Å². The van der Waals surface area contributed by atoms with Crippen LogP contribution in [0.5, 0.6) is 0 Å². The third-order valence-electron chi connectivity index (χ3n) is 4.79. The molecule has 0 fully saturated rings. The van der Waals surface area contributed by atoms with Crippen molar-refractivity contribution in [3.05, 3.63) is 60.7 Å². The maximum atomic E-state index is 2.78. The maximum absolute atomic E-state index is 3.13. The molecule has 0 bridgehead atoms. The zero-order valence-electron chi connectivity index (χ0n) is 15.0. The predicted octanol–water partition coefficient (Wildman–Crippen LogP) is 2.93. The number of benzene rings is 2. The summed E-state index contributed by atoms with van der Waals surface area (Å²) in [6.07, 6.45) is 0. The van der Waals surface area contributed by atoms with Crippen LogP contribution in [0.4, 0.5) is 0 Å². The fraction of sp³-hybridized carbons (Fsp3) is 0.400. The summed E-state index contributed by atoms with van der Waals surface area (Å²) in [4.78, 5) is 0. The molecule has 0 atom stereocenters. The fourth-order valence-electron chi connectivity index (χ4n) is 3.80. The number of rotatable bonds is 8. The first-order valence-corrected chi connectivity index (χ1v) is 14.3. The summed E-state index contributed by atoms with van der Waals surface area (Å²) in [6.45, 7) is 13.7. The van der Waals surface area contributed by atoms with E-state index in [1.165, 1.54) is 0 Å². The zero-order chi connectivity index (χ0) is 16.7. The van der Waals surface area contributed by atoms with E-state index in [9.17, 15) is 0 Å². The van der Waals surface area contributed by atoms with Gasteiger partial charge in [-0.2, -0.15) is 0 Å². The minimum atomic E-state index is -3.13. The van der Waals surface area contributed by atoms with Gasteiger partial charge in [-0.1, -0.05) is 0 Å². The van der Waals surface area contributed by atoms with Crippen molar-refractivity contribution in [2.75, 3.05) is 26.2 Å². The van der Waals surface area contributed by atoms with Crippen molar-refractivity contribution in [1.29, 1.82) is 0 Å². The predicted molar refractivity (Wildman–Crippen MR) is 104 cm³/mol. The molecule has 2 nitrogen and oxygen atoms in total. The van der Waals surface area contributed by atoms with E-state index in [-0.39, 0.29) is 0 Å². The van der Waals surface area contributed by atoms with Gasteiger partial charge in [-0.15, -0.1) is 0 Å². The molecule has 2 aromatic carbocycles. The molecule has 0 aromatic heterocycles. The Bertz CT molecular complexity index is 509. The van der Waals surface area contributed by atoms with Gasteiger partial charge in [0.1, 0.15) is 0 Å². The van der Waals surface area contributed by atoms with Crippen molar-refractivity contribution >= 4 is 26.1 Å². The SMILES string of the molecule is CC[N](CC)[Sn]([c]1ccccc1)([c]1ccccc1)[N](CC)CC. The molecular weight excluding hydrogens is 387 g/mol. The third kappa shape index (κ3) is 3.49. The second-order valence-corrected chi connectivity index (χ2v) is 16.5. The van der Waals surface area contributed by atoms with E-state index in [4.69, 9.17) is 0 Å². The molecule has 3 heteroatoms. The molecular formula is C20H30N2Sn. The van der Waals surface area contributed by atoms with E-state index in [1.807, 2.05) is 0 Å². The van der Waals surface area contributed by atoms with Crippen molar-refractivity contribution in [2.45, 2.75) is 27.7 Å². The molecule has 2 aromatic rings. The first-order chi connectivity index (χ1) is 11.2. The van der Waals surface area contributed by atoms with Crippen molar-refractivity contribution in [3.63, 3.8) is 0 Å². The van der Waals surface area contributed by atoms with Crippen molar-refractivity contribution in [3.8, 4) is 0 Å². The Labute approximate surface area is 146 Å². The van der Waals surface area contributed by atoms with Gasteiger partial charge >= 0.3 is 147 Å². The van der Waals surface area contributed by atoms with E-state index in [2.05, 4.69) is 94.6 Å². The first-order valence-electron chi connectivity index (χ1n) is 8.86. The van der Waals surface area contributed by atoms with Crippen LogP contribution in [-0.4, -0.2) is 51.3 Å². The summed E-state index contributed by atoms with van der Waals surface area (Å²) in [6, 6.07) is 22.5. The third-order valence-corrected chi connectivity index (χ3v) is 20.1. The molecule has 0 saturated carbocycles. The minimum absolute atomic E-state index is 1.10. The Morgan fingerprint density at radius 3 is 1.13 bits per heavy atom. The molecule has 0 amide bonds. The molecule has 0 heterocycles. The summed E-state index contributed by atoms with van der Waals surface area (Å²) in [5.41, 5.74) is 0. The Hall–Kier alpha value is -0.841. The molecule has 0 aliphatic rings. The summed E-state index contributed by atoms with van der Waals surface area (Å²) < 4.78 is 8.68. The number of hydrogen-bond donors (Lipinski definition) is 0. The van der Waals surface area contributed by atoms with Crippen LogP contribution < -0.4 is 7.16 Å². The van der Waals surface area contributed by atoms with Gasteiger partial charge in [-0.3, -0.25) is 0 Å². The van der Waals surface area contributed by atoms with Gasteiger partial charge in [0.05, 0.1) is 0 Å². The molecule has 0 aliphatic heterocycles. The molecule has 2 rings (SSSR count). The molecule has 0 saturated heterocycles. The molecule has 0 radical (unpaired) electrons. The van der Waals surface area contributed by atoms with Crippen molar-refractivity contribution in [1.82, 2.24) is 6.24 Å². The van der Waals surface area contributed by atoms with Crippen LogP contribution in [0.15, 0.2) is 60.7 Å². The Morgan fingerprint density at radius 1 is 0.565 bits per heavy atom. The monoisotopic (exact) mass is 418 g/mol. The van der Waals surface area contributed by atoms with Gasteiger partial charge < -0.3 is 0 Å². The molecule has 0 N–H and O–H groups in total. The average molecular weight is 417 g/mol. The van der Waals surface area contributed by atoms with Gasteiger partial charge in [0.25, 0.3) is 0 Å². The molecule has 23 heavy (non-hydrogen) atoms.